The van der Waals surface area contributed by atoms with E-state index in [0.717, 1.165) is 84.7 Å². The molecule has 2 aromatic heterocycles. The van der Waals surface area contributed by atoms with E-state index < -0.39 is 76.6 Å². The summed E-state index contributed by atoms with van der Waals surface area (Å²) in [6, 6.07) is 32.9. The normalized spacial score (nSPS) is 18.8. The fourth-order valence-electron chi connectivity index (χ4n) is 12.5. The number of aliphatic carboxylic acids is 1. The third-order valence-electron chi connectivity index (χ3n) is 17.7. The molecule has 1 N–H and O–H groups in total. The van der Waals surface area contributed by atoms with Gasteiger partial charge in [-0.2, -0.15) is 0 Å². The summed E-state index contributed by atoms with van der Waals surface area (Å²) in [4.78, 5) is 101. The lowest BCUT2D eigenvalue weighted by Crippen LogP contribution is -2.47. The number of likely N-dealkylation sites (tertiary alicyclic amines) is 2. The number of benzene rings is 4. The number of ether oxygens (including phenoxy) is 9. The van der Waals surface area contributed by atoms with Crippen molar-refractivity contribution in [1.82, 2.24) is 19.8 Å². The maximum absolute atomic E-state index is 14.1. The van der Waals surface area contributed by atoms with E-state index in [1.165, 1.54) is 24.0 Å². The zero-order valence-corrected chi connectivity index (χ0v) is 57.7. The Bertz CT molecular complexity index is 3680. The molecule has 2 aliphatic carbocycles. The summed E-state index contributed by atoms with van der Waals surface area (Å²) in [5.74, 6) is -1.79. The molecule has 10 rings (SSSR count). The van der Waals surface area contributed by atoms with Gasteiger partial charge in [0.05, 0.1) is 88.6 Å². The first kappa shape index (κ1) is 72.8. The van der Waals surface area contributed by atoms with Crippen LogP contribution in [0.25, 0.3) is 44.3 Å². The second-order valence-electron chi connectivity index (χ2n) is 28.0. The number of aromatic nitrogens is 2. The minimum atomic E-state index is -0.930. The highest BCUT2D eigenvalue weighted by Crippen LogP contribution is 2.40. The molecule has 0 radical (unpaired) electrons. The maximum atomic E-state index is 14.1. The molecule has 2 amide bonds. The van der Waals surface area contributed by atoms with Crippen molar-refractivity contribution >= 4 is 63.7 Å². The molecule has 21 nitrogen and oxygen atoms in total. The first-order valence-electron chi connectivity index (χ1n) is 33.1. The van der Waals surface area contributed by atoms with Crippen LogP contribution in [-0.2, 0) is 52.5 Å². The van der Waals surface area contributed by atoms with Crippen LogP contribution >= 0.6 is 0 Å². The molecule has 4 aliphatic rings. The molecule has 6 aromatic rings. The van der Waals surface area contributed by atoms with Gasteiger partial charge in [0.25, 0.3) is 0 Å². The van der Waals surface area contributed by atoms with Crippen molar-refractivity contribution in [1.29, 1.82) is 0 Å². The molecule has 2 saturated carbocycles. The second-order valence-corrected chi connectivity index (χ2v) is 28.0. The van der Waals surface area contributed by atoms with Gasteiger partial charge in [-0.15, -0.1) is 0 Å². The number of pyridine rings is 2. The van der Waals surface area contributed by atoms with Gasteiger partial charge < -0.3 is 52.6 Å². The zero-order valence-electron chi connectivity index (χ0n) is 57.7. The minimum absolute atomic E-state index is 0.0110. The topological polar surface area (TPSA) is 255 Å². The first-order chi connectivity index (χ1) is 45.5. The SMILES string of the molecule is CC(C)(C)[C@H](CC(=O)OC1CCCC1)C(=O)O.COC(=O)[C@@H]1C[C@@H](Oc2cc(-c3ccccc3)nc3cc(OC)ccc23)CN1C(=O)OC(C)(C)C.COC(=O)[C@@H]1C[C@@H](Oc2cc(-c3ccccc3)nc3cc(OC)ccc23)CN1C(=O)[C@@H](CC(=O)OC1CCCC1)C(C)(C)C. The summed E-state index contributed by atoms with van der Waals surface area (Å²) in [5, 5.41) is 10.7. The summed E-state index contributed by atoms with van der Waals surface area (Å²) >= 11 is 0. The van der Waals surface area contributed by atoms with E-state index in [0.29, 0.717) is 34.0 Å². The molecule has 4 fully saturated rings. The molecular formula is C75H94N4O17. The number of esters is 4. The number of carbonyl (C=O) groups is 7. The summed E-state index contributed by atoms with van der Waals surface area (Å²) in [7, 11) is 5.83. The maximum Gasteiger partial charge on any atom is 0.411 e. The van der Waals surface area contributed by atoms with Crippen molar-refractivity contribution < 1.29 is 81.3 Å². The number of hydrogen-bond donors (Lipinski definition) is 1. The third kappa shape index (κ3) is 19.4. The predicted molar refractivity (Wildman–Crippen MR) is 361 cm³/mol. The Balaban J connectivity index is 0.000000202. The van der Waals surface area contributed by atoms with Crippen LogP contribution in [0.5, 0.6) is 23.0 Å². The lowest BCUT2D eigenvalue weighted by molar-refractivity contribution is -0.158. The Morgan fingerprint density at radius 3 is 1.28 bits per heavy atom. The van der Waals surface area contributed by atoms with Crippen LogP contribution in [0.3, 0.4) is 0 Å². The van der Waals surface area contributed by atoms with Crippen molar-refractivity contribution in [3.63, 3.8) is 0 Å². The number of hydrogen-bond acceptors (Lipinski definition) is 18. The van der Waals surface area contributed by atoms with Crippen LogP contribution in [0, 0.1) is 22.7 Å². The van der Waals surface area contributed by atoms with E-state index in [2.05, 4.69) is 0 Å². The van der Waals surface area contributed by atoms with Crippen molar-refractivity contribution in [2.24, 2.45) is 22.7 Å². The molecule has 2 saturated heterocycles. The van der Waals surface area contributed by atoms with E-state index in [4.69, 9.17) is 57.7 Å². The van der Waals surface area contributed by atoms with Gasteiger partial charge in [0.15, 0.2) is 0 Å². The fourth-order valence-corrected chi connectivity index (χ4v) is 12.5. The Labute approximate surface area is 562 Å². The van der Waals surface area contributed by atoms with Gasteiger partial charge in [-0.25, -0.2) is 24.4 Å². The highest BCUT2D eigenvalue weighted by molar-refractivity contribution is 5.92. The van der Waals surface area contributed by atoms with E-state index in [1.54, 1.807) is 35.0 Å². The van der Waals surface area contributed by atoms with Gasteiger partial charge in [0.2, 0.25) is 5.91 Å². The number of carboxylic acids is 1. The molecule has 0 bridgehead atoms. The molecule has 6 atom stereocenters. The molecule has 0 unspecified atom stereocenters. The molecule has 4 heterocycles. The quantitative estimate of drug-likeness (QED) is 0.0620. The van der Waals surface area contributed by atoms with Gasteiger partial charge in [0, 0.05) is 59.0 Å². The van der Waals surface area contributed by atoms with Gasteiger partial charge in [-0.3, -0.25) is 24.1 Å². The minimum Gasteiger partial charge on any atom is -0.497 e. The van der Waals surface area contributed by atoms with Gasteiger partial charge in [-0.05, 0) is 107 Å². The Hall–Kier alpha value is -9.01. The Kier molecular flexibility index (Phi) is 24.4. The summed E-state index contributed by atoms with van der Waals surface area (Å²) in [6.07, 6.45) is 6.70. The molecule has 2 aliphatic heterocycles. The average Bonchev–Trinajstić information content (AvgIpc) is 1.39. The van der Waals surface area contributed by atoms with Crippen LogP contribution in [0.1, 0.15) is 139 Å². The number of methoxy groups -OCH3 is 4. The number of amides is 2. The van der Waals surface area contributed by atoms with Crippen LogP contribution in [0.4, 0.5) is 4.79 Å². The number of carboxylic acid groups (broad SMARTS) is 1. The summed E-state index contributed by atoms with van der Waals surface area (Å²) in [5.41, 5.74) is 3.08. The van der Waals surface area contributed by atoms with Gasteiger partial charge in [-0.1, -0.05) is 102 Å². The molecule has 96 heavy (non-hydrogen) atoms. The number of carbonyl (C=O) groups excluding carboxylic acids is 6. The molecular weight excluding hydrogens is 1230 g/mol. The molecule has 0 spiro atoms. The number of nitrogens with zero attached hydrogens (tertiary/aromatic N) is 4. The Morgan fingerprint density at radius 2 is 0.906 bits per heavy atom. The number of fused-ring (bicyclic) bond motifs is 2. The van der Waals surface area contributed by atoms with Crippen LogP contribution in [-0.4, -0.2) is 150 Å². The zero-order chi connectivity index (χ0) is 69.6. The number of rotatable bonds is 18. The van der Waals surface area contributed by atoms with E-state index in [1.807, 2.05) is 151 Å². The molecule has 4 aromatic carbocycles. The first-order valence-corrected chi connectivity index (χ1v) is 33.1. The fraction of sp³-hybridized carbons (Fsp3) is 0.507. The second kappa shape index (κ2) is 32.2. The van der Waals surface area contributed by atoms with E-state index in [9.17, 15) is 33.6 Å². The standard InChI is InChI=1S/C35H42N2O7.C27H30N2O6.C13H22O4/c1-35(2,3)27(19-32(38)44-23-13-9-10-14-23)33(39)37-21-25(18-30(37)34(40)42-5)43-31-20-28(22-11-7-6-8-12-22)36-29-17-24(41-4)15-16-26(29)31;1-27(2,3)35-26(31)29-16-19(14-23(29)25(30)33-5)34-24-15-21(17-9-7-6-8-10-17)28-22-13-18(32-4)11-12-20(22)24;1-13(2,3)10(12(15)16)8-11(14)17-9-6-4-5-7-9/h6-8,11-12,15-17,20,23,25,27,30H,9-10,13-14,18-19,21H2,1-5H3;6-13,15,19,23H,14,16H2,1-5H3;9-10H,4-8H2,1-3H3,(H,15,16)/t25-,27-,30+;19-,23+;10-/m111/s1. The lowest BCUT2D eigenvalue weighted by atomic mass is 9.77. The van der Waals surface area contributed by atoms with Crippen molar-refractivity contribution in [3.8, 4) is 45.5 Å². The smallest absolute Gasteiger partial charge is 0.411 e. The molecule has 516 valence electrons. The highest BCUT2D eigenvalue weighted by Gasteiger charge is 2.47. The van der Waals surface area contributed by atoms with Gasteiger partial charge >= 0.3 is 35.9 Å². The van der Waals surface area contributed by atoms with Crippen molar-refractivity contribution in [2.45, 2.75) is 181 Å². The van der Waals surface area contributed by atoms with Crippen molar-refractivity contribution in [2.75, 3.05) is 41.5 Å². The Morgan fingerprint density at radius 1 is 0.510 bits per heavy atom. The highest BCUT2D eigenvalue weighted by atomic mass is 16.6. The van der Waals surface area contributed by atoms with Crippen LogP contribution in [0.2, 0.25) is 0 Å². The van der Waals surface area contributed by atoms with Crippen molar-refractivity contribution in [3.05, 3.63) is 109 Å². The molecule has 21 heteroatoms. The largest absolute Gasteiger partial charge is 0.497 e. The third-order valence-corrected chi connectivity index (χ3v) is 17.7. The van der Waals surface area contributed by atoms with Crippen LogP contribution in [0.15, 0.2) is 109 Å². The van der Waals surface area contributed by atoms with Crippen LogP contribution < -0.4 is 18.9 Å². The average molecular weight is 1320 g/mol. The predicted octanol–water partition coefficient (Wildman–Crippen LogP) is 13.4. The summed E-state index contributed by atoms with van der Waals surface area (Å²) < 4.78 is 50.4. The monoisotopic (exact) mass is 1320 g/mol. The van der Waals surface area contributed by atoms with E-state index in [-0.39, 0.29) is 68.8 Å². The summed E-state index contributed by atoms with van der Waals surface area (Å²) in [6.45, 7) is 17.0. The lowest BCUT2D eigenvalue weighted by Gasteiger charge is -2.34. The van der Waals surface area contributed by atoms with E-state index >= 15 is 0 Å². The van der Waals surface area contributed by atoms with Gasteiger partial charge in [0.1, 0.15) is 65.1 Å².